The lowest BCUT2D eigenvalue weighted by atomic mass is 10.1. The second-order valence-corrected chi connectivity index (χ2v) is 4.56. The van der Waals surface area contributed by atoms with Crippen molar-refractivity contribution in [2.45, 2.75) is 6.54 Å². The van der Waals surface area contributed by atoms with Crippen molar-refractivity contribution in [3.05, 3.63) is 63.7 Å². The number of nitrogen functional groups attached to an aromatic ring is 1. The summed E-state index contributed by atoms with van der Waals surface area (Å²) in [5.41, 5.74) is 6.32. The molecule has 0 aromatic heterocycles. The number of nitro groups is 1. The molecule has 0 saturated carbocycles. The SMILES string of the molecule is COc1ccc(CNC(=O)c2ccc(N)c([N+](=O)[O-])c2)cc1. The normalized spacial score (nSPS) is 10.0. The molecule has 2 aromatic carbocycles. The molecule has 1 amide bonds. The largest absolute Gasteiger partial charge is 0.497 e. The van der Waals surface area contributed by atoms with Crippen molar-refractivity contribution in [2.75, 3.05) is 12.8 Å². The van der Waals surface area contributed by atoms with E-state index < -0.39 is 10.8 Å². The van der Waals surface area contributed by atoms with Crippen LogP contribution in [0, 0.1) is 10.1 Å². The molecule has 0 heterocycles. The average molecular weight is 301 g/mol. The molecule has 0 saturated heterocycles. The third-order valence-electron chi connectivity index (χ3n) is 3.10. The molecule has 2 aromatic rings. The van der Waals surface area contributed by atoms with Crippen molar-refractivity contribution in [1.82, 2.24) is 5.32 Å². The summed E-state index contributed by atoms with van der Waals surface area (Å²) in [6.45, 7) is 0.307. The van der Waals surface area contributed by atoms with E-state index in [0.29, 0.717) is 6.54 Å². The number of hydrogen-bond donors (Lipinski definition) is 2. The van der Waals surface area contributed by atoms with E-state index in [2.05, 4.69) is 5.32 Å². The third kappa shape index (κ3) is 3.51. The van der Waals surface area contributed by atoms with Gasteiger partial charge in [-0.15, -0.1) is 0 Å². The van der Waals surface area contributed by atoms with Crippen molar-refractivity contribution in [3.8, 4) is 5.75 Å². The van der Waals surface area contributed by atoms with Gasteiger partial charge in [0.25, 0.3) is 11.6 Å². The van der Waals surface area contributed by atoms with Crippen molar-refractivity contribution < 1.29 is 14.5 Å². The molecule has 0 bridgehead atoms. The van der Waals surface area contributed by atoms with E-state index in [4.69, 9.17) is 10.5 Å². The topological polar surface area (TPSA) is 107 Å². The van der Waals surface area contributed by atoms with Crippen LogP contribution in [-0.2, 0) is 6.54 Å². The van der Waals surface area contributed by atoms with Gasteiger partial charge in [-0.2, -0.15) is 0 Å². The maximum absolute atomic E-state index is 12.0. The highest BCUT2D eigenvalue weighted by Gasteiger charge is 2.15. The molecule has 7 nitrogen and oxygen atoms in total. The molecular formula is C15H15N3O4. The summed E-state index contributed by atoms with van der Waals surface area (Å²) in [7, 11) is 1.57. The summed E-state index contributed by atoms with van der Waals surface area (Å²) in [5.74, 6) is 0.322. The number of nitro benzene ring substituents is 1. The Labute approximate surface area is 126 Å². The highest BCUT2D eigenvalue weighted by molar-refractivity contribution is 5.95. The Morgan fingerprint density at radius 1 is 1.27 bits per heavy atom. The summed E-state index contributed by atoms with van der Waals surface area (Å²) in [5, 5.41) is 13.5. The van der Waals surface area contributed by atoms with Gasteiger partial charge in [-0.25, -0.2) is 0 Å². The van der Waals surface area contributed by atoms with E-state index in [9.17, 15) is 14.9 Å². The summed E-state index contributed by atoms with van der Waals surface area (Å²) in [6.07, 6.45) is 0. The van der Waals surface area contributed by atoms with Crippen LogP contribution < -0.4 is 15.8 Å². The number of nitrogens with zero attached hydrogens (tertiary/aromatic N) is 1. The fourth-order valence-corrected chi connectivity index (χ4v) is 1.87. The van der Waals surface area contributed by atoms with E-state index in [-0.39, 0.29) is 16.9 Å². The standard InChI is InChI=1S/C15H15N3O4/c1-22-12-5-2-10(3-6-12)9-17-15(19)11-4-7-13(16)14(8-11)18(20)21/h2-8H,9,16H2,1H3,(H,17,19). The van der Waals surface area contributed by atoms with Gasteiger partial charge in [-0.05, 0) is 29.8 Å². The fraction of sp³-hybridized carbons (Fsp3) is 0.133. The third-order valence-corrected chi connectivity index (χ3v) is 3.10. The van der Waals surface area contributed by atoms with E-state index >= 15 is 0 Å². The molecule has 0 unspecified atom stereocenters. The Morgan fingerprint density at radius 3 is 2.55 bits per heavy atom. The Morgan fingerprint density at radius 2 is 1.95 bits per heavy atom. The minimum absolute atomic E-state index is 0.0247. The number of rotatable bonds is 5. The van der Waals surface area contributed by atoms with Gasteiger partial charge in [0.05, 0.1) is 12.0 Å². The van der Waals surface area contributed by atoms with Crippen LogP contribution in [0.25, 0.3) is 0 Å². The van der Waals surface area contributed by atoms with E-state index in [1.807, 2.05) is 12.1 Å². The van der Waals surface area contributed by atoms with Gasteiger partial charge >= 0.3 is 0 Å². The van der Waals surface area contributed by atoms with Crippen LogP contribution in [0.1, 0.15) is 15.9 Å². The minimum atomic E-state index is -0.615. The van der Waals surface area contributed by atoms with E-state index in [1.165, 1.54) is 18.2 Å². The molecule has 3 N–H and O–H groups in total. The molecule has 0 aliphatic rings. The van der Waals surface area contributed by atoms with Gasteiger partial charge in [-0.3, -0.25) is 14.9 Å². The number of hydrogen-bond acceptors (Lipinski definition) is 5. The fourth-order valence-electron chi connectivity index (χ4n) is 1.87. The van der Waals surface area contributed by atoms with Crippen LogP contribution in [0.2, 0.25) is 0 Å². The van der Waals surface area contributed by atoms with Crippen LogP contribution >= 0.6 is 0 Å². The van der Waals surface area contributed by atoms with Gasteiger partial charge in [-0.1, -0.05) is 12.1 Å². The van der Waals surface area contributed by atoms with Crippen LogP contribution in [-0.4, -0.2) is 17.9 Å². The Kier molecular flexibility index (Phi) is 4.57. The first-order chi connectivity index (χ1) is 10.5. The number of anilines is 1. The van der Waals surface area contributed by atoms with Crippen molar-refractivity contribution in [1.29, 1.82) is 0 Å². The molecule has 22 heavy (non-hydrogen) atoms. The number of amides is 1. The number of nitrogens with two attached hydrogens (primary N) is 1. The maximum atomic E-state index is 12.0. The van der Waals surface area contributed by atoms with Gasteiger partial charge < -0.3 is 15.8 Å². The molecule has 114 valence electrons. The summed E-state index contributed by atoms with van der Waals surface area (Å²) < 4.78 is 5.05. The number of methoxy groups -OCH3 is 1. The van der Waals surface area contributed by atoms with Crippen LogP contribution in [0.15, 0.2) is 42.5 Å². The first kappa shape index (κ1) is 15.3. The lowest BCUT2D eigenvalue weighted by Crippen LogP contribution is -2.22. The van der Waals surface area contributed by atoms with Crippen molar-refractivity contribution in [2.24, 2.45) is 0 Å². The zero-order valence-corrected chi connectivity index (χ0v) is 11.9. The smallest absolute Gasteiger partial charge is 0.292 e. The lowest BCUT2D eigenvalue weighted by molar-refractivity contribution is -0.383. The maximum Gasteiger partial charge on any atom is 0.292 e. The Balaban J connectivity index is 2.05. The summed E-state index contributed by atoms with van der Waals surface area (Å²) >= 11 is 0. The average Bonchev–Trinajstić information content (AvgIpc) is 2.53. The minimum Gasteiger partial charge on any atom is -0.497 e. The van der Waals surface area contributed by atoms with Crippen molar-refractivity contribution >= 4 is 17.3 Å². The van der Waals surface area contributed by atoms with E-state index in [1.54, 1.807) is 19.2 Å². The Hall–Kier alpha value is -3.09. The lowest BCUT2D eigenvalue weighted by Gasteiger charge is -2.07. The monoisotopic (exact) mass is 301 g/mol. The van der Waals surface area contributed by atoms with Gasteiger partial charge in [0, 0.05) is 18.2 Å². The molecular weight excluding hydrogens is 286 g/mol. The number of ether oxygens (including phenoxy) is 1. The molecule has 0 fully saturated rings. The van der Waals surface area contributed by atoms with Crippen LogP contribution in [0.4, 0.5) is 11.4 Å². The zero-order chi connectivity index (χ0) is 16.1. The zero-order valence-electron chi connectivity index (χ0n) is 11.9. The second-order valence-electron chi connectivity index (χ2n) is 4.56. The van der Waals surface area contributed by atoms with Gasteiger partial charge in [0.15, 0.2) is 0 Å². The molecule has 0 atom stereocenters. The highest BCUT2D eigenvalue weighted by Crippen LogP contribution is 2.22. The number of carbonyl (C=O) groups is 1. The molecule has 7 heteroatoms. The van der Waals surface area contributed by atoms with E-state index in [0.717, 1.165) is 11.3 Å². The number of benzene rings is 2. The Bertz CT molecular complexity index is 698. The first-order valence-corrected chi connectivity index (χ1v) is 6.46. The van der Waals surface area contributed by atoms with Gasteiger partial charge in [0.2, 0.25) is 0 Å². The molecule has 2 rings (SSSR count). The molecule has 0 aliphatic carbocycles. The van der Waals surface area contributed by atoms with Crippen LogP contribution in [0.3, 0.4) is 0 Å². The highest BCUT2D eigenvalue weighted by atomic mass is 16.6. The first-order valence-electron chi connectivity index (χ1n) is 6.46. The predicted molar refractivity (Wildman–Crippen MR) is 81.7 cm³/mol. The predicted octanol–water partition coefficient (Wildman–Crippen LogP) is 2.12. The number of nitrogens with one attached hydrogen (secondary N) is 1. The van der Waals surface area contributed by atoms with Crippen LogP contribution in [0.5, 0.6) is 5.75 Å². The molecule has 0 spiro atoms. The van der Waals surface area contributed by atoms with Gasteiger partial charge in [0.1, 0.15) is 11.4 Å². The quantitative estimate of drug-likeness (QED) is 0.499. The van der Waals surface area contributed by atoms with Crippen molar-refractivity contribution in [3.63, 3.8) is 0 Å². The molecule has 0 aliphatic heterocycles. The summed E-state index contributed by atoms with van der Waals surface area (Å²) in [6, 6.07) is 11.2. The summed E-state index contributed by atoms with van der Waals surface area (Å²) in [4.78, 5) is 22.2. The molecule has 0 radical (unpaired) electrons. The number of carbonyl (C=O) groups excluding carboxylic acids is 1. The second kappa shape index (κ2) is 6.57.